The van der Waals surface area contributed by atoms with Gasteiger partial charge in [0.15, 0.2) is 0 Å². The van der Waals surface area contributed by atoms with Crippen molar-refractivity contribution in [2.24, 2.45) is 10.9 Å². The maximum Gasteiger partial charge on any atom is 0.440 e. The summed E-state index contributed by atoms with van der Waals surface area (Å²) in [6.07, 6.45) is -3.94. The van der Waals surface area contributed by atoms with E-state index in [0.717, 1.165) is 7.11 Å². The van der Waals surface area contributed by atoms with Crippen LogP contribution in [0.25, 0.3) is 0 Å². The number of aliphatic imine (C=N–C) groups is 1. The highest BCUT2D eigenvalue weighted by atomic mass is 19.4. The zero-order valence-electron chi connectivity index (χ0n) is 9.80. The number of hydrogen-bond acceptors (Lipinski definition) is 3. The van der Waals surface area contributed by atoms with Gasteiger partial charge in [0, 0.05) is 5.92 Å². The summed E-state index contributed by atoms with van der Waals surface area (Å²) in [5, 5.41) is 0. The number of amides is 1. The van der Waals surface area contributed by atoms with Crippen LogP contribution in [0.4, 0.5) is 13.2 Å². The fourth-order valence-electron chi connectivity index (χ4n) is 1.10. The number of hydrogen-bond donors (Lipinski definition) is 0. The minimum Gasteiger partial charge on any atom is -0.464 e. The first-order valence-corrected chi connectivity index (χ1v) is 5.02. The number of nitrogens with zero attached hydrogens (tertiary/aromatic N) is 1. The molecule has 0 aliphatic rings. The van der Waals surface area contributed by atoms with Gasteiger partial charge in [0.25, 0.3) is 0 Å². The standard InChI is InChI=1S/C10H14F3NO3/c1-4-5-6(2)8(15)14-7(9(16)17-3)10(11,12)13/h6H,4-5H2,1-3H3. The lowest BCUT2D eigenvalue weighted by molar-refractivity contribution is -0.137. The van der Waals surface area contributed by atoms with Crippen LogP contribution in [0.1, 0.15) is 26.7 Å². The maximum absolute atomic E-state index is 12.4. The van der Waals surface area contributed by atoms with E-state index in [9.17, 15) is 22.8 Å². The third-order valence-corrected chi connectivity index (χ3v) is 2.01. The Morgan fingerprint density at radius 2 is 1.88 bits per heavy atom. The Kier molecular flexibility index (Phi) is 5.84. The van der Waals surface area contributed by atoms with Crippen LogP contribution in [0.2, 0.25) is 0 Å². The summed E-state index contributed by atoms with van der Waals surface area (Å²) in [6.45, 7) is 3.25. The number of ether oxygens (including phenoxy) is 1. The third kappa shape index (κ3) is 4.97. The predicted molar refractivity (Wildman–Crippen MR) is 54.6 cm³/mol. The molecule has 98 valence electrons. The zero-order valence-corrected chi connectivity index (χ0v) is 9.80. The molecule has 0 saturated carbocycles. The lowest BCUT2D eigenvalue weighted by atomic mass is 10.1. The SMILES string of the molecule is CCCC(C)C(=O)N=C(C(=O)OC)C(F)(F)F. The fraction of sp³-hybridized carbons (Fsp3) is 0.700. The molecule has 0 saturated heterocycles. The normalized spacial score (nSPS) is 14.4. The summed E-state index contributed by atoms with van der Waals surface area (Å²) in [6, 6.07) is 0. The Balaban J connectivity index is 5.06. The Morgan fingerprint density at radius 1 is 1.35 bits per heavy atom. The summed E-state index contributed by atoms with van der Waals surface area (Å²) >= 11 is 0. The lowest BCUT2D eigenvalue weighted by Crippen LogP contribution is -2.33. The van der Waals surface area contributed by atoms with Gasteiger partial charge < -0.3 is 4.74 Å². The molecule has 1 amide bonds. The van der Waals surface area contributed by atoms with Crippen molar-refractivity contribution < 1.29 is 27.5 Å². The lowest BCUT2D eigenvalue weighted by Gasteiger charge is -2.09. The van der Waals surface area contributed by atoms with Gasteiger partial charge in [-0.25, -0.2) is 9.79 Å². The Morgan fingerprint density at radius 3 is 2.24 bits per heavy atom. The highest BCUT2D eigenvalue weighted by Gasteiger charge is 2.42. The van der Waals surface area contributed by atoms with Crippen molar-refractivity contribution in [3.63, 3.8) is 0 Å². The van der Waals surface area contributed by atoms with Crippen molar-refractivity contribution in [2.45, 2.75) is 32.9 Å². The summed E-state index contributed by atoms with van der Waals surface area (Å²) in [5.41, 5.74) is -1.81. The molecule has 0 radical (unpaired) electrons. The van der Waals surface area contributed by atoms with Crippen molar-refractivity contribution in [3.05, 3.63) is 0 Å². The first-order valence-electron chi connectivity index (χ1n) is 5.02. The van der Waals surface area contributed by atoms with Crippen LogP contribution in [-0.2, 0) is 14.3 Å². The summed E-state index contributed by atoms with van der Waals surface area (Å²) in [4.78, 5) is 25.0. The minimum absolute atomic E-state index is 0.411. The predicted octanol–water partition coefficient (Wildman–Crippen LogP) is 2.13. The summed E-state index contributed by atoms with van der Waals surface area (Å²) in [5.74, 6) is -3.28. The molecular formula is C10H14F3NO3. The van der Waals surface area contributed by atoms with Crippen LogP contribution in [0, 0.1) is 5.92 Å². The van der Waals surface area contributed by atoms with E-state index in [-0.39, 0.29) is 0 Å². The van der Waals surface area contributed by atoms with Gasteiger partial charge in [-0.2, -0.15) is 13.2 Å². The largest absolute Gasteiger partial charge is 0.464 e. The van der Waals surface area contributed by atoms with Crippen LogP contribution < -0.4 is 0 Å². The Labute approximate surface area is 96.9 Å². The van der Waals surface area contributed by atoms with Gasteiger partial charge in [-0.1, -0.05) is 20.3 Å². The van der Waals surface area contributed by atoms with E-state index in [1.54, 1.807) is 6.92 Å². The first kappa shape index (κ1) is 15.6. The van der Waals surface area contributed by atoms with Gasteiger partial charge in [-0.15, -0.1) is 0 Å². The van der Waals surface area contributed by atoms with E-state index in [2.05, 4.69) is 9.73 Å². The Hall–Kier alpha value is -1.40. The van der Waals surface area contributed by atoms with E-state index >= 15 is 0 Å². The number of esters is 1. The molecule has 17 heavy (non-hydrogen) atoms. The molecule has 0 N–H and O–H groups in total. The monoisotopic (exact) mass is 253 g/mol. The highest BCUT2D eigenvalue weighted by Crippen LogP contribution is 2.19. The molecule has 7 heteroatoms. The van der Waals surface area contributed by atoms with Crippen LogP contribution in [0.3, 0.4) is 0 Å². The van der Waals surface area contributed by atoms with Crippen molar-refractivity contribution >= 4 is 17.6 Å². The molecule has 1 atom stereocenters. The van der Waals surface area contributed by atoms with Gasteiger partial charge in [0.1, 0.15) is 0 Å². The molecule has 0 aromatic rings. The van der Waals surface area contributed by atoms with Crippen molar-refractivity contribution in [2.75, 3.05) is 7.11 Å². The topological polar surface area (TPSA) is 55.7 Å². The van der Waals surface area contributed by atoms with Gasteiger partial charge in [0.05, 0.1) is 7.11 Å². The molecule has 0 aromatic heterocycles. The smallest absolute Gasteiger partial charge is 0.440 e. The van der Waals surface area contributed by atoms with Gasteiger partial charge in [-0.3, -0.25) is 4.79 Å². The molecule has 0 bridgehead atoms. The fourth-order valence-corrected chi connectivity index (χ4v) is 1.10. The molecule has 1 unspecified atom stereocenters. The summed E-state index contributed by atoms with van der Waals surface area (Å²) < 4.78 is 41.1. The Bertz CT molecular complexity index is 323. The van der Waals surface area contributed by atoms with E-state index < -0.39 is 29.7 Å². The second kappa shape index (κ2) is 6.36. The van der Waals surface area contributed by atoms with Crippen molar-refractivity contribution in [3.8, 4) is 0 Å². The van der Waals surface area contributed by atoms with E-state index in [1.165, 1.54) is 6.92 Å². The number of alkyl halides is 3. The molecule has 0 heterocycles. The molecule has 0 fully saturated rings. The summed E-state index contributed by atoms with van der Waals surface area (Å²) in [7, 11) is 0.795. The average Bonchev–Trinajstić information content (AvgIpc) is 2.23. The second-order valence-electron chi connectivity index (χ2n) is 3.48. The van der Waals surface area contributed by atoms with E-state index in [0.29, 0.717) is 12.8 Å². The van der Waals surface area contributed by atoms with Crippen LogP contribution in [0.15, 0.2) is 4.99 Å². The molecular weight excluding hydrogens is 239 g/mol. The van der Waals surface area contributed by atoms with Crippen LogP contribution in [-0.4, -0.2) is 30.9 Å². The van der Waals surface area contributed by atoms with Crippen LogP contribution in [0.5, 0.6) is 0 Å². The first-order chi connectivity index (χ1) is 7.73. The minimum atomic E-state index is -4.99. The van der Waals surface area contributed by atoms with Gasteiger partial charge >= 0.3 is 12.1 Å². The van der Waals surface area contributed by atoms with Crippen molar-refractivity contribution in [1.29, 1.82) is 0 Å². The zero-order chi connectivity index (χ0) is 13.6. The van der Waals surface area contributed by atoms with E-state index in [4.69, 9.17) is 0 Å². The highest BCUT2D eigenvalue weighted by molar-refractivity contribution is 6.40. The van der Waals surface area contributed by atoms with E-state index in [1.807, 2.05) is 0 Å². The van der Waals surface area contributed by atoms with Gasteiger partial charge in [0.2, 0.25) is 11.6 Å². The molecule has 0 aromatic carbocycles. The third-order valence-electron chi connectivity index (χ3n) is 2.01. The molecule has 4 nitrogen and oxygen atoms in total. The molecule has 0 aliphatic carbocycles. The van der Waals surface area contributed by atoms with Crippen molar-refractivity contribution in [1.82, 2.24) is 0 Å². The molecule has 0 rings (SSSR count). The average molecular weight is 253 g/mol. The number of rotatable bonds is 4. The van der Waals surface area contributed by atoms with Gasteiger partial charge in [-0.05, 0) is 6.42 Å². The number of halogens is 3. The number of methoxy groups -OCH3 is 1. The molecule has 0 aliphatic heterocycles. The molecule has 0 spiro atoms. The number of carbonyl (C=O) groups excluding carboxylic acids is 2. The second-order valence-corrected chi connectivity index (χ2v) is 3.48. The quantitative estimate of drug-likeness (QED) is 0.569. The van der Waals surface area contributed by atoms with Crippen LogP contribution >= 0.6 is 0 Å². The number of carbonyl (C=O) groups is 2. The maximum atomic E-state index is 12.4.